The lowest BCUT2D eigenvalue weighted by Gasteiger charge is -2.36. The Morgan fingerprint density at radius 3 is 2.57 bits per heavy atom. The first kappa shape index (κ1) is 19.5. The predicted octanol–water partition coefficient (Wildman–Crippen LogP) is 2.57. The van der Waals surface area contributed by atoms with E-state index in [4.69, 9.17) is 9.47 Å². The third kappa shape index (κ3) is 4.61. The molecule has 0 spiro atoms. The number of amides is 1. The van der Waals surface area contributed by atoms with Gasteiger partial charge in [-0.3, -0.25) is 4.79 Å². The number of ether oxygens (including phenoxy) is 2. The SMILES string of the molecule is COc1cc(C(=O)N[C@@H]2CCNC2)ccc1OC1CCN(C2CCCC2)CC1. The van der Waals surface area contributed by atoms with Crippen molar-refractivity contribution in [2.24, 2.45) is 0 Å². The molecule has 1 aromatic carbocycles. The van der Waals surface area contributed by atoms with Crippen molar-refractivity contribution in [1.82, 2.24) is 15.5 Å². The van der Waals surface area contributed by atoms with Gasteiger partial charge in [0.1, 0.15) is 6.10 Å². The smallest absolute Gasteiger partial charge is 0.251 e. The summed E-state index contributed by atoms with van der Waals surface area (Å²) in [5.41, 5.74) is 0.618. The third-order valence-corrected chi connectivity index (χ3v) is 6.43. The first-order chi connectivity index (χ1) is 13.7. The average Bonchev–Trinajstić information content (AvgIpc) is 3.43. The number of benzene rings is 1. The van der Waals surface area contributed by atoms with Crippen molar-refractivity contribution in [1.29, 1.82) is 0 Å². The van der Waals surface area contributed by atoms with Crippen molar-refractivity contribution < 1.29 is 14.3 Å². The minimum absolute atomic E-state index is 0.0524. The van der Waals surface area contributed by atoms with E-state index >= 15 is 0 Å². The number of hydrogen-bond donors (Lipinski definition) is 2. The van der Waals surface area contributed by atoms with Crippen LogP contribution < -0.4 is 20.1 Å². The van der Waals surface area contributed by atoms with E-state index < -0.39 is 0 Å². The van der Waals surface area contributed by atoms with E-state index in [1.165, 1.54) is 25.7 Å². The molecule has 2 saturated heterocycles. The summed E-state index contributed by atoms with van der Waals surface area (Å²) >= 11 is 0. The minimum atomic E-state index is -0.0524. The second kappa shape index (κ2) is 9.14. The number of nitrogens with one attached hydrogen (secondary N) is 2. The van der Waals surface area contributed by atoms with E-state index in [1.807, 2.05) is 12.1 Å². The number of rotatable bonds is 6. The zero-order valence-corrected chi connectivity index (χ0v) is 16.9. The third-order valence-electron chi connectivity index (χ3n) is 6.43. The van der Waals surface area contributed by atoms with E-state index in [2.05, 4.69) is 15.5 Å². The molecule has 3 aliphatic rings. The van der Waals surface area contributed by atoms with Gasteiger partial charge in [-0.15, -0.1) is 0 Å². The second-order valence-corrected chi connectivity index (χ2v) is 8.32. The molecule has 28 heavy (non-hydrogen) atoms. The summed E-state index contributed by atoms with van der Waals surface area (Å²) in [6.45, 7) is 4.03. The fourth-order valence-corrected chi connectivity index (χ4v) is 4.76. The van der Waals surface area contributed by atoms with Crippen LogP contribution in [0.2, 0.25) is 0 Å². The fraction of sp³-hybridized carbons (Fsp3) is 0.682. The van der Waals surface area contributed by atoms with Crippen LogP contribution in [0.4, 0.5) is 0 Å². The molecule has 2 heterocycles. The predicted molar refractivity (Wildman–Crippen MR) is 109 cm³/mol. The molecule has 2 aliphatic heterocycles. The minimum Gasteiger partial charge on any atom is -0.493 e. The van der Waals surface area contributed by atoms with Crippen molar-refractivity contribution in [2.75, 3.05) is 33.3 Å². The lowest BCUT2D eigenvalue weighted by atomic mass is 10.0. The summed E-state index contributed by atoms with van der Waals surface area (Å²) in [5, 5.41) is 6.34. The highest BCUT2D eigenvalue weighted by Gasteiger charge is 2.28. The summed E-state index contributed by atoms with van der Waals surface area (Å²) in [7, 11) is 1.63. The van der Waals surface area contributed by atoms with E-state index in [0.717, 1.165) is 57.2 Å². The Hall–Kier alpha value is -1.79. The molecular formula is C22H33N3O3. The standard InChI is InChI=1S/C22H33N3O3/c1-27-21-14-16(22(26)24-17-8-11-23-15-17)6-7-20(21)28-19-9-12-25(13-10-19)18-4-2-3-5-18/h6-7,14,17-19,23H,2-5,8-13,15H2,1H3,(H,24,26)/t17-/m1/s1. The highest BCUT2D eigenvalue weighted by atomic mass is 16.5. The number of methoxy groups -OCH3 is 1. The van der Waals surface area contributed by atoms with Crippen LogP contribution in [-0.2, 0) is 0 Å². The lowest BCUT2D eigenvalue weighted by Crippen LogP contribution is -2.43. The van der Waals surface area contributed by atoms with Crippen LogP contribution in [0.1, 0.15) is 55.3 Å². The van der Waals surface area contributed by atoms with Gasteiger partial charge in [0.25, 0.3) is 5.91 Å². The van der Waals surface area contributed by atoms with Gasteiger partial charge in [0.15, 0.2) is 11.5 Å². The largest absolute Gasteiger partial charge is 0.493 e. The number of nitrogens with zero attached hydrogens (tertiary/aromatic N) is 1. The van der Waals surface area contributed by atoms with E-state index in [1.54, 1.807) is 13.2 Å². The number of carbonyl (C=O) groups excluding carboxylic acids is 1. The van der Waals surface area contributed by atoms with Crippen LogP contribution in [0.3, 0.4) is 0 Å². The molecule has 0 unspecified atom stereocenters. The molecule has 4 rings (SSSR count). The quantitative estimate of drug-likeness (QED) is 0.786. The van der Waals surface area contributed by atoms with E-state index in [-0.39, 0.29) is 18.1 Å². The maximum absolute atomic E-state index is 12.5. The lowest BCUT2D eigenvalue weighted by molar-refractivity contribution is 0.0750. The Bertz CT molecular complexity index is 661. The van der Waals surface area contributed by atoms with Gasteiger partial charge in [-0.2, -0.15) is 0 Å². The summed E-state index contributed by atoms with van der Waals surface area (Å²) in [6, 6.07) is 6.51. The highest BCUT2D eigenvalue weighted by Crippen LogP contribution is 2.32. The Kier molecular flexibility index (Phi) is 6.37. The molecule has 1 saturated carbocycles. The Morgan fingerprint density at radius 1 is 1.11 bits per heavy atom. The molecule has 1 amide bonds. The summed E-state index contributed by atoms with van der Waals surface area (Å²) in [4.78, 5) is 15.1. The summed E-state index contributed by atoms with van der Waals surface area (Å²) in [6.07, 6.45) is 8.79. The number of piperidine rings is 1. The van der Waals surface area contributed by atoms with Gasteiger partial charge in [-0.25, -0.2) is 0 Å². The molecule has 1 aliphatic carbocycles. The molecule has 1 atom stereocenters. The number of hydrogen-bond acceptors (Lipinski definition) is 5. The first-order valence-corrected chi connectivity index (χ1v) is 10.8. The summed E-state index contributed by atoms with van der Waals surface area (Å²) < 4.78 is 11.8. The Morgan fingerprint density at radius 2 is 1.89 bits per heavy atom. The van der Waals surface area contributed by atoms with Crippen LogP contribution >= 0.6 is 0 Å². The van der Waals surface area contributed by atoms with Crippen molar-refractivity contribution in [3.05, 3.63) is 23.8 Å². The second-order valence-electron chi connectivity index (χ2n) is 8.32. The molecule has 2 N–H and O–H groups in total. The van der Waals surface area contributed by atoms with Gasteiger partial charge in [0, 0.05) is 37.3 Å². The molecule has 6 nitrogen and oxygen atoms in total. The van der Waals surface area contributed by atoms with Crippen LogP contribution in [0, 0.1) is 0 Å². The van der Waals surface area contributed by atoms with Crippen molar-refractivity contribution in [3.63, 3.8) is 0 Å². The Balaban J connectivity index is 1.33. The number of carbonyl (C=O) groups is 1. The van der Waals surface area contributed by atoms with Gasteiger partial charge in [-0.1, -0.05) is 12.8 Å². The van der Waals surface area contributed by atoms with Gasteiger partial charge in [0.05, 0.1) is 7.11 Å². The van der Waals surface area contributed by atoms with E-state index in [0.29, 0.717) is 11.3 Å². The van der Waals surface area contributed by atoms with Crippen molar-refractivity contribution in [2.45, 2.75) is 63.1 Å². The molecule has 3 fully saturated rings. The molecule has 1 aromatic rings. The van der Waals surface area contributed by atoms with Crippen LogP contribution in [0.15, 0.2) is 18.2 Å². The summed E-state index contributed by atoms with van der Waals surface area (Å²) in [5.74, 6) is 1.32. The van der Waals surface area contributed by atoms with Crippen LogP contribution in [0.5, 0.6) is 11.5 Å². The maximum Gasteiger partial charge on any atom is 0.251 e. The molecule has 0 bridgehead atoms. The maximum atomic E-state index is 12.5. The molecule has 6 heteroatoms. The Labute approximate surface area is 168 Å². The van der Waals surface area contributed by atoms with Gasteiger partial charge in [0.2, 0.25) is 0 Å². The fourth-order valence-electron chi connectivity index (χ4n) is 4.76. The van der Waals surface area contributed by atoms with E-state index in [9.17, 15) is 4.79 Å². The molecular weight excluding hydrogens is 354 g/mol. The molecule has 0 radical (unpaired) electrons. The zero-order chi connectivity index (χ0) is 19.3. The number of likely N-dealkylation sites (tertiary alicyclic amines) is 1. The van der Waals surface area contributed by atoms with Crippen LogP contribution in [0.25, 0.3) is 0 Å². The topological polar surface area (TPSA) is 62.8 Å². The van der Waals surface area contributed by atoms with Gasteiger partial charge < -0.3 is 25.0 Å². The molecule has 154 valence electrons. The van der Waals surface area contributed by atoms with Gasteiger partial charge in [-0.05, 0) is 56.8 Å². The van der Waals surface area contributed by atoms with Crippen molar-refractivity contribution in [3.8, 4) is 11.5 Å². The highest BCUT2D eigenvalue weighted by molar-refractivity contribution is 5.95. The average molecular weight is 388 g/mol. The normalized spacial score (nSPS) is 24.4. The van der Waals surface area contributed by atoms with Crippen LogP contribution in [-0.4, -0.2) is 62.3 Å². The molecule has 0 aromatic heterocycles. The monoisotopic (exact) mass is 387 g/mol. The first-order valence-electron chi connectivity index (χ1n) is 10.8. The zero-order valence-electron chi connectivity index (χ0n) is 16.9. The van der Waals surface area contributed by atoms with Gasteiger partial charge >= 0.3 is 0 Å². The van der Waals surface area contributed by atoms with Crippen molar-refractivity contribution >= 4 is 5.91 Å².